The van der Waals surface area contributed by atoms with Gasteiger partial charge < -0.3 is 14.5 Å². The van der Waals surface area contributed by atoms with Gasteiger partial charge >= 0.3 is 6.18 Å². The largest absolute Gasteiger partial charge is 0.493 e. The van der Waals surface area contributed by atoms with Crippen molar-refractivity contribution in [1.82, 2.24) is 0 Å². The normalized spacial score (nSPS) is 11.9. The monoisotopic (exact) mass is 524 g/mol. The summed E-state index contributed by atoms with van der Waals surface area (Å²) in [4.78, 5) is 12.3. The molecular weight excluding hydrogens is 509 g/mol. The van der Waals surface area contributed by atoms with Crippen LogP contribution >= 0.6 is 11.6 Å². The molecule has 0 aliphatic rings. The molecule has 0 radical (unpaired) electrons. The Kier molecular flexibility index (Phi) is 6.39. The molecule has 0 bridgehead atoms. The molecule has 0 spiro atoms. The molecule has 1 amide bonds. The first-order chi connectivity index (χ1) is 16.5. The first-order valence-corrected chi connectivity index (χ1v) is 11.7. The van der Waals surface area contributed by atoms with Gasteiger partial charge in [0.25, 0.3) is 15.9 Å². The van der Waals surface area contributed by atoms with Crippen LogP contribution in [0, 0.1) is 0 Å². The first-order valence-electron chi connectivity index (χ1n) is 9.85. The zero-order valence-electron chi connectivity index (χ0n) is 17.8. The summed E-state index contributed by atoms with van der Waals surface area (Å²) in [5.74, 6) is -0.0875. The van der Waals surface area contributed by atoms with Gasteiger partial charge in [0.05, 0.1) is 22.6 Å². The van der Waals surface area contributed by atoms with Gasteiger partial charge in [0, 0.05) is 16.8 Å². The van der Waals surface area contributed by atoms with Crippen LogP contribution in [0.5, 0.6) is 5.75 Å². The van der Waals surface area contributed by atoms with Crippen molar-refractivity contribution < 1.29 is 35.5 Å². The number of ether oxygens (including phenoxy) is 1. The molecule has 0 saturated heterocycles. The molecule has 7 nitrogen and oxygen atoms in total. The molecule has 182 valence electrons. The number of benzene rings is 3. The maximum atomic E-state index is 13.0. The number of carbonyl (C=O) groups excluding carboxylic acids is 1. The highest BCUT2D eigenvalue weighted by atomic mass is 35.5. The fourth-order valence-electron chi connectivity index (χ4n) is 3.24. The number of hydrogen-bond donors (Lipinski definition) is 2. The van der Waals surface area contributed by atoms with Gasteiger partial charge in [0.15, 0.2) is 17.1 Å². The van der Waals surface area contributed by atoms with E-state index in [0.29, 0.717) is 22.8 Å². The van der Waals surface area contributed by atoms with E-state index in [4.69, 9.17) is 20.8 Å². The van der Waals surface area contributed by atoms with Crippen LogP contribution in [-0.2, 0) is 16.2 Å². The number of anilines is 2. The molecule has 12 heteroatoms. The molecule has 1 heterocycles. The van der Waals surface area contributed by atoms with Crippen LogP contribution < -0.4 is 14.8 Å². The zero-order valence-corrected chi connectivity index (χ0v) is 19.4. The van der Waals surface area contributed by atoms with Crippen molar-refractivity contribution in [3.8, 4) is 5.75 Å². The van der Waals surface area contributed by atoms with Crippen LogP contribution in [0.4, 0.5) is 24.5 Å². The lowest BCUT2D eigenvalue weighted by Crippen LogP contribution is -2.15. The number of halogens is 4. The average molecular weight is 525 g/mol. The number of furan rings is 1. The molecule has 35 heavy (non-hydrogen) atoms. The molecule has 4 aromatic rings. The van der Waals surface area contributed by atoms with Crippen molar-refractivity contribution in [2.75, 3.05) is 17.1 Å². The number of amides is 1. The SMILES string of the molecule is COc1cccc2cc(C(=O)Nc3ccc(S(=O)(=O)Nc4ccc(Cl)c(C(F)(F)F)c4)cc3)oc12. The zero-order chi connectivity index (χ0) is 25.4. The summed E-state index contributed by atoms with van der Waals surface area (Å²) in [6.07, 6.45) is -4.75. The second-order valence-corrected chi connectivity index (χ2v) is 9.36. The van der Waals surface area contributed by atoms with Gasteiger partial charge in [-0.15, -0.1) is 0 Å². The minimum Gasteiger partial charge on any atom is -0.493 e. The summed E-state index contributed by atoms with van der Waals surface area (Å²) in [6.45, 7) is 0. The lowest BCUT2D eigenvalue weighted by Gasteiger charge is -2.13. The van der Waals surface area contributed by atoms with E-state index in [1.54, 1.807) is 18.2 Å². The Hall–Kier alpha value is -3.70. The van der Waals surface area contributed by atoms with E-state index in [0.717, 1.165) is 12.1 Å². The van der Waals surface area contributed by atoms with Crippen LogP contribution in [0.2, 0.25) is 5.02 Å². The minimum absolute atomic E-state index is 0.0195. The van der Waals surface area contributed by atoms with E-state index in [9.17, 15) is 26.4 Å². The molecule has 2 N–H and O–H groups in total. The Morgan fingerprint density at radius 1 is 1.00 bits per heavy atom. The lowest BCUT2D eigenvalue weighted by atomic mass is 10.2. The first kappa shape index (κ1) is 24.4. The van der Waals surface area contributed by atoms with Gasteiger partial charge in [-0.05, 0) is 54.6 Å². The van der Waals surface area contributed by atoms with Gasteiger partial charge in [0.2, 0.25) is 0 Å². The van der Waals surface area contributed by atoms with E-state index in [1.165, 1.54) is 37.4 Å². The molecule has 0 unspecified atom stereocenters. The predicted molar refractivity (Wildman–Crippen MR) is 124 cm³/mol. The van der Waals surface area contributed by atoms with Crippen molar-refractivity contribution in [3.63, 3.8) is 0 Å². The third-order valence-corrected chi connectivity index (χ3v) is 6.62. The third kappa shape index (κ3) is 5.20. The lowest BCUT2D eigenvalue weighted by molar-refractivity contribution is -0.137. The Bertz CT molecular complexity index is 1520. The number of hydrogen-bond acceptors (Lipinski definition) is 5. The van der Waals surface area contributed by atoms with E-state index in [2.05, 4.69) is 10.0 Å². The number of fused-ring (bicyclic) bond motifs is 1. The van der Waals surface area contributed by atoms with Gasteiger partial charge in [-0.3, -0.25) is 9.52 Å². The fourth-order valence-corrected chi connectivity index (χ4v) is 4.51. The van der Waals surface area contributed by atoms with Crippen molar-refractivity contribution >= 4 is 49.9 Å². The number of nitrogens with one attached hydrogen (secondary N) is 2. The Balaban J connectivity index is 1.50. The molecule has 1 aromatic heterocycles. The molecule has 0 aliphatic heterocycles. The summed E-state index contributed by atoms with van der Waals surface area (Å²) in [6, 6.07) is 14.5. The molecule has 3 aromatic carbocycles. The predicted octanol–water partition coefficient (Wildman–Crippen LogP) is 6.17. The fraction of sp³-hybridized carbons (Fsp3) is 0.0870. The number of methoxy groups -OCH3 is 1. The molecule has 0 fully saturated rings. The van der Waals surface area contributed by atoms with Crippen molar-refractivity contribution in [1.29, 1.82) is 0 Å². The average Bonchev–Trinajstić information content (AvgIpc) is 3.24. The molecule has 0 aliphatic carbocycles. The van der Waals surface area contributed by atoms with Crippen LogP contribution in [0.1, 0.15) is 16.1 Å². The standard InChI is InChI=1S/C23H16ClF3N2O5S/c1-33-19-4-2-3-13-11-20(34-21(13)19)22(30)28-14-5-8-16(9-6-14)35(31,32)29-15-7-10-18(24)17(12-15)23(25,26)27/h2-12,29H,1H3,(H,28,30). The quantitative estimate of drug-likeness (QED) is 0.314. The molecule has 0 atom stereocenters. The van der Waals surface area contributed by atoms with E-state index in [1.807, 2.05) is 0 Å². The van der Waals surface area contributed by atoms with Gasteiger partial charge in [0.1, 0.15) is 0 Å². The Morgan fingerprint density at radius 3 is 2.34 bits per heavy atom. The topological polar surface area (TPSA) is 97.6 Å². The molecular formula is C23H16ClF3N2O5S. The van der Waals surface area contributed by atoms with Gasteiger partial charge in [-0.2, -0.15) is 13.2 Å². The van der Waals surface area contributed by atoms with Gasteiger partial charge in [-0.25, -0.2) is 8.42 Å². The second-order valence-electron chi connectivity index (χ2n) is 7.27. The number of para-hydroxylation sites is 1. The number of carbonyl (C=O) groups is 1. The van der Waals surface area contributed by atoms with Crippen LogP contribution in [0.25, 0.3) is 11.0 Å². The highest BCUT2D eigenvalue weighted by molar-refractivity contribution is 7.92. The summed E-state index contributed by atoms with van der Waals surface area (Å²) >= 11 is 5.57. The van der Waals surface area contributed by atoms with E-state index >= 15 is 0 Å². The van der Waals surface area contributed by atoms with Crippen molar-refractivity contribution in [2.45, 2.75) is 11.1 Å². The Labute approximate surface area is 202 Å². The highest BCUT2D eigenvalue weighted by Crippen LogP contribution is 2.36. The number of sulfonamides is 1. The highest BCUT2D eigenvalue weighted by Gasteiger charge is 2.33. The Morgan fingerprint density at radius 2 is 1.69 bits per heavy atom. The third-order valence-electron chi connectivity index (χ3n) is 4.90. The van der Waals surface area contributed by atoms with E-state index in [-0.39, 0.29) is 22.0 Å². The maximum absolute atomic E-state index is 13.0. The van der Waals surface area contributed by atoms with Crippen LogP contribution in [-0.4, -0.2) is 21.4 Å². The van der Waals surface area contributed by atoms with Crippen molar-refractivity contribution in [3.05, 3.63) is 83.1 Å². The van der Waals surface area contributed by atoms with Crippen LogP contribution in [0.15, 0.2) is 76.0 Å². The second kappa shape index (κ2) is 9.16. The molecule has 0 saturated carbocycles. The molecule has 4 rings (SSSR count). The van der Waals surface area contributed by atoms with E-state index < -0.39 is 32.7 Å². The summed E-state index contributed by atoms with van der Waals surface area (Å²) in [7, 11) is -2.74. The smallest absolute Gasteiger partial charge is 0.417 e. The summed E-state index contributed by atoms with van der Waals surface area (Å²) in [5, 5.41) is 2.70. The van der Waals surface area contributed by atoms with Gasteiger partial charge in [-0.1, -0.05) is 23.7 Å². The number of rotatable bonds is 6. The minimum atomic E-state index is -4.75. The van der Waals surface area contributed by atoms with Crippen molar-refractivity contribution in [2.24, 2.45) is 0 Å². The number of alkyl halides is 3. The maximum Gasteiger partial charge on any atom is 0.417 e. The van der Waals surface area contributed by atoms with Crippen LogP contribution in [0.3, 0.4) is 0 Å². The summed E-state index contributed by atoms with van der Waals surface area (Å²) < 4.78 is 77.2. The summed E-state index contributed by atoms with van der Waals surface area (Å²) in [5.41, 5.74) is -0.796.